The van der Waals surface area contributed by atoms with Crippen LogP contribution < -0.4 is 20.7 Å². The minimum absolute atomic E-state index is 0.0856. The average molecular weight is 447 g/mol. The Labute approximate surface area is 181 Å². The number of ether oxygens (including phenoxy) is 1. The predicted molar refractivity (Wildman–Crippen MR) is 112 cm³/mol. The molecule has 0 aliphatic heterocycles. The summed E-state index contributed by atoms with van der Waals surface area (Å²) in [5.41, 5.74) is 0.398. The number of carbonyl (C=O) groups is 2. The van der Waals surface area contributed by atoms with E-state index in [1.165, 1.54) is 25.4 Å². The fraction of sp³-hybridized carbons (Fsp3) is 0.182. The molecule has 10 heteroatoms. The molecule has 0 unspecified atom stereocenters. The highest BCUT2D eigenvalue weighted by Gasteiger charge is 2.30. The molecule has 7 nitrogen and oxygen atoms in total. The van der Waals surface area contributed by atoms with Gasteiger partial charge in [0.2, 0.25) is 11.8 Å². The Bertz CT molecular complexity index is 1090. The van der Waals surface area contributed by atoms with Crippen molar-refractivity contribution in [2.75, 3.05) is 24.7 Å². The van der Waals surface area contributed by atoms with E-state index in [9.17, 15) is 22.8 Å². The van der Waals surface area contributed by atoms with Crippen LogP contribution in [0.2, 0.25) is 0 Å². The number of benzene rings is 2. The van der Waals surface area contributed by atoms with Gasteiger partial charge in [0, 0.05) is 25.3 Å². The van der Waals surface area contributed by atoms with Crippen LogP contribution in [0.3, 0.4) is 0 Å². The van der Waals surface area contributed by atoms with Crippen molar-refractivity contribution in [3.05, 3.63) is 71.5 Å². The van der Waals surface area contributed by atoms with Crippen LogP contribution in [0.15, 0.2) is 59.2 Å². The van der Waals surface area contributed by atoms with Gasteiger partial charge in [-0.25, -0.2) is 0 Å². The first kappa shape index (κ1) is 22.7. The van der Waals surface area contributed by atoms with Crippen LogP contribution in [0.25, 0.3) is 0 Å². The van der Waals surface area contributed by atoms with E-state index in [2.05, 4.69) is 16.0 Å². The van der Waals surface area contributed by atoms with Crippen molar-refractivity contribution in [3.63, 3.8) is 0 Å². The van der Waals surface area contributed by atoms with E-state index in [0.717, 1.165) is 12.1 Å². The van der Waals surface area contributed by atoms with Crippen LogP contribution in [0.1, 0.15) is 21.5 Å². The predicted octanol–water partition coefficient (Wildman–Crippen LogP) is 4.67. The number of halogens is 3. The summed E-state index contributed by atoms with van der Waals surface area (Å²) in [7, 11) is 3.08. The molecule has 2 aromatic carbocycles. The van der Waals surface area contributed by atoms with Crippen LogP contribution in [0.5, 0.6) is 11.5 Å². The summed E-state index contributed by atoms with van der Waals surface area (Å²) in [5, 5.41) is 7.97. The molecule has 0 aliphatic carbocycles. The molecule has 0 bridgehead atoms. The fourth-order valence-corrected chi connectivity index (χ4v) is 2.91. The van der Waals surface area contributed by atoms with Gasteiger partial charge in [0.15, 0.2) is 0 Å². The van der Waals surface area contributed by atoms with Crippen LogP contribution >= 0.6 is 0 Å². The lowest BCUT2D eigenvalue weighted by molar-refractivity contribution is -0.137. The molecule has 1 aromatic heterocycles. The topological polar surface area (TPSA) is 92.6 Å². The SMILES string of the molecule is CNC(=O)c1c(CC(=O)Nc2ccc(Oc3ccc(C(F)(F)F)cc3)cc2)coc1NC. The highest BCUT2D eigenvalue weighted by Crippen LogP contribution is 2.31. The molecular weight excluding hydrogens is 427 g/mol. The van der Waals surface area contributed by atoms with Gasteiger partial charge >= 0.3 is 6.18 Å². The van der Waals surface area contributed by atoms with Gasteiger partial charge < -0.3 is 25.1 Å². The number of hydrogen-bond acceptors (Lipinski definition) is 5. The van der Waals surface area contributed by atoms with E-state index in [1.807, 2.05) is 0 Å². The number of carbonyl (C=O) groups excluding carboxylic acids is 2. The Hall–Kier alpha value is -3.95. The summed E-state index contributed by atoms with van der Waals surface area (Å²) in [6.07, 6.45) is -3.15. The van der Waals surface area contributed by atoms with Gasteiger partial charge in [0.1, 0.15) is 17.1 Å². The summed E-state index contributed by atoms with van der Waals surface area (Å²) in [6, 6.07) is 10.6. The van der Waals surface area contributed by atoms with Gasteiger partial charge in [-0.3, -0.25) is 9.59 Å². The quantitative estimate of drug-likeness (QED) is 0.489. The summed E-state index contributed by atoms with van der Waals surface area (Å²) >= 11 is 0. The van der Waals surface area contributed by atoms with Gasteiger partial charge in [-0.2, -0.15) is 13.2 Å². The summed E-state index contributed by atoms with van der Waals surface area (Å²) in [5.74, 6) is 0.151. The van der Waals surface area contributed by atoms with Gasteiger partial charge in [-0.15, -0.1) is 0 Å². The maximum absolute atomic E-state index is 12.6. The fourth-order valence-electron chi connectivity index (χ4n) is 2.91. The molecule has 1 heterocycles. The molecular formula is C22H20F3N3O4. The smallest absolute Gasteiger partial charge is 0.416 e. The lowest BCUT2D eigenvalue weighted by atomic mass is 10.1. The zero-order valence-electron chi connectivity index (χ0n) is 17.2. The van der Waals surface area contributed by atoms with Crippen LogP contribution in [-0.4, -0.2) is 25.9 Å². The lowest BCUT2D eigenvalue weighted by Gasteiger charge is -2.10. The Morgan fingerprint density at radius 3 is 2.09 bits per heavy atom. The van der Waals surface area contributed by atoms with E-state index < -0.39 is 11.7 Å². The standard InChI is InChI=1S/C22H20F3N3O4/c1-26-20(30)19-13(12-31-21(19)27-2)11-18(29)28-15-5-9-17(10-6-15)32-16-7-3-14(4-8-16)22(23,24)25/h3-10,12,27H,11H2,1-2H3,(H,26,30)(H,28,29). The second-order valence-electron chi connectivity index (χ2n) is 6.67. The Morgan fingerprint density at radius 2 is 1.56 bits per heavy atom. The first-order valence-corrected chi connectivity index (χ1v) is 9.46. The second kappa shape index (κ2) is 9.46. The molecule has 0 fully saturated rings. The van der Waals surface area contributed by atoms with Crippen molar-refractivity contribution in [2.24, 2.45) is 0 Å². The zero-order chi connectivity index (χ0) is 23.3. The molecule has 0 radical (unpaired) electrons. The number of anilines is 2. The largest absolute Gasteiger partial charge is 0.457 e. The third-order valence-electron chi connectivity index (χ3n) is 4.45. The van der Waals surface area contributed by atoms with E-state index >= 15 is 0 Å². The number of rotatable bonds is 7. The molecule has 32 heavy (non-hydrogen) atoms. The number of hydrogen-bond donors (Lipinski definition) is 3. The molecule has 3 N–H and O–H groups in total. The molecule has 0 saturated heterocycles. The molecule has 168 valence electrons. The Balaban J connectivity index is 1.62. The summed E-state index contributed by atoms with van der Waals surface area (Å²) < 4.78 is 48.7. The lowest BCUT2D eigenvalue weighted by Crippen LogP contribution is -2.22. The first-order chi connectivity index (χ1) is 15.2. The highest BCUT2D eigenvalue weighted by atomic mass is 19.4. The third-order valence-corrected chi connectivity index (χ3v) is 4.45. The van der Waals surface area contributed by atoms with Crippen molar-refractivity contribution in [2.45, 2.75) is 12.6 Å². The number of alkyl halides is 3. The zero-order valence-corrected chi connectivity index (χ0v) is 17.2. The molecule has 3 aromatic rings. The summed E-state index contributed by atoms with van der Waals surface area (Å²) in [4.78, 5) is 24.5. The minimum Gasteiger partial charge on any atom is -0.457 e. The third kappa shape index (κ3) is 5.39. The van der Waals surface area contributed by atoms with Crippen molar-refractivity contribution in [1.29, 1.82) is 0 Å². The van der Waals surface area contributed by atoms with Crippen molar-refractivity contribution < 1.29 is 31.9 Å². The van der Waals surface area contributed by atoms with Crippen molar-refractivity contribution in [3.8, 4) is 11.5 Å². The normalized spacial score (nSPS) is 11.0. The molecule has 3 rings (SSSR count). The van der Waals surface area contributed by atoms with Gasteiger partial charge in [-0.05, 0) is 48.5 Å². The van der Waals surface area contributed by atoms with E-state index in [0.29, 0.717) is 17.0 Å². The molecule has 0 aliphatic rings. The summed E-state index contributed by atoms with van der Waals surface area (Å²) in [6.45, 7) is 0. The van der Waals surface area contributed by atoms with Crippen molar-refractivity contribution in [1.82, 2.24) is 5.32 Å². The molecule has 2 amide bonds. The average Bonchev–Trinajstić information content (AvgIpc) is 3.16. The number of furan rings is 1. The van der Waals surface area contributed by atoms with E-state index in [4.69, 9.17) is 9.15 Å². The van der Waals surface area contributed by atoms with Gasteiger partial charge in [0.05, 0.1) is 18.2 Å². The molecule has 0 spiro atoms. The second-order valence-corrected chi connectivity index (χ2v) is 6.67. The molecule has 0 saturated carbocycles. The Kier molecular flexibility index (Phi) is 6.72. The number of nitrogens with one attached hydrogen (secondary N) is 3. The minimum atomic E-state index is -4.41. The van der Waals surface area contributed by atoms with Gasteiger partial charge in [-0.1, -0.05) is 0 Å². The van der Waals surface area contributed by atoms with E-state index in [1.54, 1.807) is 31.3 Å². The monoisotopic (exact) mass is 447 g/mol. The van der Waals surface area contributed by atoms with Crippen LogP contribution in [0, 0.1) is 0 Å². The number of amides is 2. The van der Waals surface area contributed by atoms with Crippen LogP contribution in [0.4, 0.5) is 24.7 Å². The maximum atomic E-state index is 12.6. The maximum Gasteiger partial charge on any atom is 0.416 e. The van der Waals surface area contributed by atoms with Crippen LogP contribution in [-0.2, 0) is 17.4 Å². The molecule has 0 atom stereocenters. The highest BCUT2D eigenvalue weighted by molar-refractivity contribution is 6.02. The Morgan fingerprint density at radius 1 is 0.969 bits per heavy atom. The van der Waals surface area contributed by atoms with Crippen molar-refractivity contribution >= 4 is 23.4 Å². The van der Waals surface area contributed by atoms with E-state index in [-0.39, 0.29) is 35.4 Å². The first-order valence-electron chi connectivity index (χ1n) is 9.46. The van der Waals surface area contributed by atoms with Gasteiger partial charge in [0.25, 0.3) is 5.91 Å².